The number of benzene rings is 1. The van der Waals surface area contributed by atoms with Crippen LogP contribution in [0.15, 0.2) is 24.3 Å². The number of hydrogen-bond acceptors (Lipinski definition) is 1. The molecule has 4 aliphatic carbocycles. The SMILES string of the molecule is O=C(N1CCCc2ccccc21)C12CC3CC(CC(Br)(C3)C1)C2. The Morgan fingerprint density at radius 2 is 1.87 bits per heavy atom. The van der Waals surface area contributed by atoms with Gasteiger partial charge in [-0.3, -0.25) is 4.79 Å². The number of aryl methyl sites for hydroxylation is 1. The Morgan fingerprint density at radius 3 is 2.61 bits per heavy atom. The van der Waals surface area contributed by atoms with Crippen molar-refractivity contribution in [3.63, 3.8) is 0 Å². The second-order valence-corrected chi connectivity index (χ2v) is 10.3. The Labute approximate surface area is 146 Å². The first-order chi connectivity index (χ1) is 11.1. The van der Waals surface area contributed by atoms with Gasteiger partial charge in [0.15, 0.2) is 0 Å². The molecule has 1 aromatic rings. The summed E-state index contributed by atoms with van der Waals surface area (Å²) in [6.07, 6.45) is 9.47. The molecule has 6 rings (SSSR count). The van der Waals surface area contributed by atoms with Gasteiger partial charge in [-0.05, 0) is 74.8 Å². The predicted octanol–water partition coefficient (Wildman–Crippen LogP) is 4.70. The minimum absolute atomic E-state index is 0.0853. The van der Waals surface area contributed by atoms with Gasteiger partial charge in [-0.1, -0.05) is 34.1 Å². The summed E-state index contributed by atoms with van der Waals surface area (Å²) in [4.78, 5) is 15.8. The first-order valence-corrected chi connectivity index (χ1v) is 9.95. The predicted molar refractivity (Wildman–Crippen MR) is 95.9 cm³/mol. The molecule has 23 heavy (non-hydrogen) atoms. The zero-order valence-electron chi connectivity index (χ0n) is 13.6. The van der Waals surface area contributed by atoms with Crippen LogP contribution in [0.4, 0.5) is 5.69 Å². The first-order valence-electron chi connectivity index (χ1n) is 9.16. The molecule has 2 atom stereocenters. The summed E-state index contributed by atoms with van der Waals surface area (Å²) >= 11 is 4.05. The molecule has 0 saturated heterocycles. The van der Waals surface area contributed by atoms with Crippen molar-refractivity contribution in [1.82, 2.24) is 0 Å². The summed E-state index contributed by atoms with van der Waals surface area (Å²) in [5, 5.41) is 0. The van der Waals surface area contributed by atoms with Gasteiger partial charge in [0, 0.05) is 16.6 Å². The third-order valence-corrected chi connectivity index (χ3v) is 7.73. The summed E-state index contributed by atoms with van der Waals surface area (Å²) in [6.45, 7) is 0.905. The van der Waals surface area contributed by atoms with E-state index in [1.807, 2.05) is 0 Å². The Morgan fingerprint density at radius 1 is 1.13 bits per heavy atom. The molecule has 4 saturated carbocycles. The lowest BCUT2D eigenvalue weighted by molar-refractivity contribution is -0.141. The van der Waals surface area contributed by atoms with Crippen LogP contribution in [0.25, 0.3) is 0 Å². The number of amides is 1. The second kappa shape index (κ2) is 4.84. The molecule has 4 fully saturated rings. The molecule has 0 aromatic heterocycles. The lowest BCUT2D eigenvalue weighted by atomic mass is 9.49. The van der Waals surface area contributed by atoms with E-state index in [1.54, 1.807) is 0 Å². The van der Waals surface area contributed by atoms with Crippen LogP contribution in [0.5, 0.6) is 0 Å². The van der Waals surface area contributed by atoms with Gasteiger partial charge in [0.05, 0.1) is 5.41 Å². The molecule has 2 unspecified atom stereocenters. The van der Waals surface area contributed by atoms with Crippen molar-refractivity contribution in [2.45, 2.75) is 55.7 Å². The molecule has 3 heteroatoms. The number of nitrogens with zero attached hydrogens (tertiary/aromatic N) is 1. The minimum atomic E-state index is -0.0853. The summed E-state index contributed by atoms with van der Waals surface area (Å²) in [6, 6.07) is 8.53. The highest BCUT2D eigenvalue weighted by molar-refractivity contribution is 9.10. The Hall–Kier alpha value is -0.830. The topological polar surface area (TPSA) is 20.3 Å². The number of fused-ring (bicyclic) bond motifs is 1. The molecular weight excluding hydrogens is 350 g/mol. The number of para-hydroxylation sites is 1. The average Bonchev–Trinajstić information content (AvgIpc) is 2.51. The van der Waals surface area contributed by atoms with Gasteiger partial charge in [0.2, 0.25) is 5.91 Å². The van der Waals surface area contributed by atoms with E-state index in [9.17, 15) is 4.79 Å². The fourth-order valence-electron chi connectivity index (χ4n) is 6.43. The maximum absolute atomic E-state index is 13.7. The summed E-state index contributed by atoms with van der Waals surface area (Å²) in [5.74, 6) is 1.96. The third kappa shape index (κ3) is 2.15. The van der Waals surface area contributed by atoms with Crippen LogP contribution in [-0.2, 0) is 11.2 Å². The minimum Gasteiger partial charge on any atom is -0.312 e. The van der Waals surface area contributed by atoms with E-state index in [4.69, 9.17) is 0 Å². The Kier molecular flexibility index (Phi) is 3.05. The van der Waals surface area contributed by atoms with E-state index in [2.05, 4.69) is 45.1 Å². The van der Waals surface area contributed by atoms with Crippen LogP contribution < -0.4 is 4.90 Å². The Balaban J connectivity index is 1.52. The molecule has 1 amide bonds. The fourth-order valence-corrected chi connectivity index (χ4v) is 7.88. The third-order valence-electron chi connectivity index (χ3n) is 6.80. The van der Waals surface area contributed by atoms with Gasteiger partial charge in [-0.2, -0.15) is 0 Å². The molecule has 4 bridgehead atoms. The maximum atomic E-state index is 13.7. The average molecular weight is 374 g/mol. The van der Waals surface area contributed by atoms with Crippen LogP contribution in [0.2, 0.25) is 0 Å². The van der Waals surface area contributed by atoms with Crippen LogP contribution in [0.1, 0.15) is 50.5 Å². The molecule has 5 aliphatic rings. The lowest BCUT2D eigenvalue weighted by Crippen LogP contribution is -2.59. The van der Waals surface area contributed by atoms with Crippen LogP contribution in [-0.4, -0.2) is 16.8 Å². The molecule has 0 N–H and O–H groups in total. The van der Waals surface area contributed by atoms with E-state index in [-0.39, 0.29) is 9.74 Å². The van der Waals surface area contributed by atoms with Crippen molar-refractivity contribution in [1.29, 1.82) is 0 Å². The number of hydrogen-bond donors (Lipinski definition) is 0. The van der Waals surface area contributed by atoms with E-state index in [0.717, 1.165) is 50.5 Å². The van der Waals surface area contributed by atoms with Crippen molar-refractivity contribution in [3.8, 4) is 0 Å². The molecule has 1 aromatic carbocycles. The molecule has 2 nitrogen and oxygen atoms in total. The van der Waals surface area contributed by atoms with E-state index in [0.29, 0.717) is 5.91 Å². The lowest BCUT2D eigenvalue weighted by Gasteiger charge is -2.60. The number of halogens is 1. The standard InChI is InChI=1S/C20H24BrNO/c21-20-11-14-8-15(12-20)10-19(9-14,13-20)18(23)22-7-3-5-16-4-1-2-6-17(16)22/h1-2,4,6,14-15H,3,5,7-13H2. The van der Waals surface area contributed by atoms with Crippen LogP contribution in [0, 0.1) is 17.3 Å². The van der Waals surface area contributed by atoms with Gasteiger partial charge in [0.1, 0.15) is 0 Å². The van der Waals surface area contributed by atoms with Crippen molar-refractivity contribution in [3.05, 3.63) is 29.8 Å². The van der Waals surface area contributed by atoms with Crippen molar-refractivity contribution < 1.29 is 4.79 Å². The van der Waals surface area contributed by atoms with E-state index < -0.39 is 0 Å². The summed E-state index contributed by atoms with van der Waals surface area (Å²) in [5.41, 5.74) is 2.45. The quantitative estimate of drug-likeness (QED) is 0.653. The highest BCUT2D eigenvalue weighted by atomic mass is 79.9. The smallest absolute Gasteiger partial charge is 0.233 e. The van der Waals surface area contributed by atoms with Crippen LogP contribution >= 0.6 is 15.9 Å². The van der Waals surface area contributed by atoms with Crippen molar-refractivity contribution in [2.24, 2.45) is 17.3 Å². The van der Waals surface area contributed by atoms with E-state index >= 15 is 0 Å². The van der Waals surface area contributed by atoms with Gasteiger partial charge in [0.25, 0.3) is 0 Å². The number of rotatable bonds is 1. The highest BCUT2D eigenvalue weighted by Crippen LogP contribution is 2.65. The van der Waals surface area contributed by atoms with Gasteiger partial charge in [-0.15, -0.1) is 0 Å². The molecule has 0 radical (unpaired) electrons. The number of anilines is 1. The molecule has 0 spiro atoms. The summed E-state index contributed by atoms with van der Waals surface area (Å²) < 4.78 is 0.252. The Bertz CT molecular complexity index is 655. The maximum Gasteiger partial charge on any atom is 0.233 e. The zero-order valence-corrected chi connectivity index (χ0v) is 15.1. The van der Waals surface area contributed by atoms with Crippen LogP contribution in [0.3, 0.4) is 0 Å². The number of carbonyl (C=O) groups is 1. The van der Waals surface area contributed by atoms with Crippen molar-refractivity contribution >= 4 is 27.5 Å². The fraction of sp³-hybridized carbons (Fsp3) is 0.650. The molecular formula is C20H24BrNO. The molecule has 1 heterocycles. The zero-order chi connectivity index (χ0) is 15.7. The summed E-state index contributed by atoms with van der Waals surface area (Å²) in [7, 11) is 0. The van der Waals surface area contributed by atoms with Gasteiger partial charge in [-0.25, -0.2) is 0 Å². The highest BCUT2D eigenvalue weighted by Gasteiger charge is 2.60. The first kappa shape index (κ1) is 14.5. The number of alkyl halides is 1. The normalized spacial score (nSPS) is 41.0. The molecule has 1 aliphatic heterocycles. The van der Waals surface area contributed by atoms with Gasteiger partial charge < -0.3 is 4.90 Å². The van der Waals surface area contributed by atoms with Gasteiger partial charge >= 0.3 is 0 Å². The van der Waals surface area contributed by atoms with E-state index in [1.165, 1.54) is 30.5 Å². The second-order valence-electron chi connectivity index (χ2n) is 8.58. The van der Waals surface area contributed by atoms with Crippen molar-refractivity contribution in [2.75, 3.05) is 11.4 Å². The molecule has 122 valence electrons. The monoisotopic (exact) mass is 373 g/mol. The number of carbonyl (C=O) groups excluding carboxylic acids is 1. The largest absolute Gasteiger partial charge is 0.312 e.